The molecule has 0 bridgehead atoms. The van der Waals surface area contributed by atoms with Gasteiger partial charge in [-0.3, -0.25) is 9.78 Å². The summed E-state index contributed by atoms with van der Waals surface area (Å²) in [5.41, 5.74) is 2.20. The van der Waals surface area contributed by atoms with Gasteiger partial charge in [0.05, 0.1) is 23.5 Å². The number of benzene rings is 1. The van der Waals surface area contributed by atoms with Crippen LogP contribution in [0.25, 0.3) is 11.1 Å². The molecule has 0 saturated heterocycles. The average Bonchev–Trinajstić information content (AvgIpc) is 2.75. The molecule has 1 heterocycles. The molecule has 31 heavy (non-hydrogen) atoms. The predicted molar refractivity (Wildman–Crippen MR) is 109 cm³/mol. The number of sulfonamides is 1. The van der Waals surface area contributed by atoms with E-state index >= 15 is 0 Å². The molecule has 0 aliphatic heterocycles. The molecule has 0 aliphatic rings. The average molecular weight is 459 g/mol. The van der Waals surface area contributed by atoms with Gasteiger partial charge in [0.1, 0.15) is 12.8 Å². The monoisotopic (exact) mass is 459 g/mol. The van der Waals surface area contributed by atoms with Crippen molar-refractivity contribution in [1.82, 2.24) is 15.0 Å². The molecular formula is C20H24F3N3O4S. The van der Waals surface area contributed by atoms with E-state index in [2.05, 4.69) is 9.71 Å². The SMILES string of the molecule is CC(C)S(=O)(=O)NCc1ccc(-c2ccc(C(O)C(CF)NC(=O)C(F)F)cc2)cn1. The van der Waals surface area contributed by atoms with Crippen LogP contribution >= 0.6 is 0 Å². The van der Waals surface area contributed by atoms with Crippen molar-refractivity contribution in [1.29, 1.82) is 0 Å². The first-order valence-electron chi connectivity index (χ1n) is 9.41. The highest BCUT2D eigenvalue weighted by molar-refractivity contribution is 7.90. The number of aromatic nitrogens is 1. The van der Waals surface area contributed by atoms with Crippen molar-refractivity contribution in [3.63, 3.8) is 0 Å². The number of aliphatic hydroxyl groups excluding tert-OH is 1. The normalized spacial score (nSPS) is 13.9. The molecule has 11 heteroatoms. The summed E-state index contributed by atoms with van der Waals surface area (Å²) in [5, 5.41) is 11.4. The highest BCUT2D eigenvalue weighted by atomic mass is 32.2. The minimum Gasteiger partial charge on any atom is -0.386 e. The summed E-state index contributed by atoms with van der Waals surface area (Å²) in [4.78, 5) is 15.3. The Labute approximate surface area is 178 Å². The summed E-state index contributed by atoms with van der Waals surface area (Å²) < 4.78 is 63.9. The maximum atomic E-state index is 13.1. The Morgan fingerprint density at radius 2 is 1.71 bits per heavy atom. The molecule has 0 aliphatic carbocycles. The molecule has 0 saturated carbocycles. The van der Waals surface area contributed by atoms with Gasteiger partial charge in [-0.15, -0.1) is 0 Å². The standard InChI is InChI=1S/C20H24F3N3O4S/c1-12(2)31(29,30)25-11-16-8-7-15(10-24-16)13-3-5-14(6-4-13)18(27)17(9-21)26-20(28)19(22)23/h3-8,10,12,17-19,25,27H,9,11H2,1-2H3,(H,26,28). The number of carbonyl (C=O) groups excluding carboxylic acids is 1. The fourth-order valence-electron chi connectivity index (χ4n) is 2.59. The first-order valence-corrected chi connectivity index (χ1v) is 11.0. The van der Waals surface area contributed by atoms with E-state index in [1.54, 1.807) is 49.6 Å². The second-order valence-electron chi connectivity index (χ2n) is 7.09. The van der Waals surface area contributed by atoms with Crippen LogP contribution in [0.5, 0.6) is 0 Å². The third kappa shape index (κ3) is 6.74. The number of nitrogens with zero attached hydrogens (tertiary/aromatic N) is 1. The molecular weight excluding hydrogens is 435 g/mol. The number of carbonyl (C=O) groups is 1. The van der Waals surface area contributed by atoms with Gasteiger partial charge >= 0.3 is 6.43 Å². The minimum atomic E-state index is -3.40. The lowest BCUT2D eigenvalue weighted by molar-refractivity contribution is -0.133. The van der Waals surface area contributed by atoms with E-state index in [9.17, 15) is 31.5 Å². The fourth-order valence-corrected chi connectivity index (χ4v) is 3.28. The Kier molecular flexibility index (Phi) is 8.54. The van der Waals surface area contributed by atoms with Gasteiger partial charge in [-0.05, 0) is 31.0 Å². The van der Waals surface area contributed by atoms with Crippen LogP contribution in [0.1, 0.15) is 31.2 Å². The second-order valence-corrected chi connectivity index (χ2v) is 9.41. The molecule has 0 fully saturated rings. The number of halogens is 3. The molecule has 7 nitrogen and oxygen atoms in total. The maximum absolute atomic E-state index is 13.1. The topological polar surface area (TPSA) is 108 Å². The van der Waals surface area contributed by atoms with E-state index in [0.717, 1.165) is 0 Å². The highest BCUT2D eigenvalue weighted by Gasteiger charge is 2.26. The third-order valence-electron chi connectivity index (χ3n) is 4.56. The van der Waals surface area contributed by atoms with Crippen LogP contribution in [0.3, 0.4) is 0 Å². The molecule has 2 rings (SSSR count). The Bertz CT molecular complexity index is 968. The largest absolute Gasteiger partial charge is 0.386 e. The van der Waals surface area contributed by atoms with Crippen LogP contribution in [-0.2, 0) is 21.4 Å². The number of nitrogens with one attached hydrogen (secondary N) is 2. The first kappa shape index (κ1) is 24.8. The highest BCUT2D eigenvalue weighted by Crippen LogP contribution is 2.24. The zero-order valence-electron chi connectivity index (χ0n) is 16.9. The van der Waals surface area contributed by atoms with E-state index in [4.69, 9.17) is 0 Å². The number of hydrogen-bond acceptors (Lipinski definition) is 5. The molecule has 2 unspecified atom stereocenters. The maximum Gasteiger partial charge on any atom is 0.315 e. The Morgan fingerprint density at radius 3 is 2.19 bits per heavy atom. The number of rotatable bonds is 10. The van der Waals surface area contributed by atoms with Crippen molar-refractivity contribution in [2.75, 3.05) is 6.67 Å². The van der Waals surface area contributed by atoms with Gasteiger partial charge in [0.15, 0.2) is 0 Å². The van der Waals surface area contributed by atoms with E-state index < -0.39 is 46.4 Å². The number of amides is 1. The van der Waals surface area contributed by atoms with Gasteiger partial charge in [0, 0.05) is 11.8 Å². The van der Waals surface area contributed by atoms with E-state index in [1.807, 2.05) is 0 Å². The van der Waals surface area contributed by atoms with Gasteiger partial charge in [-0.2, -0.15) is 8.78 Å². The zero-order valence-corrected chi connectivity index (χ0v) is 17.7. The van der Waals surface area contributed by atoms with Gasteiger partial charge < -0.3 is 10.4 Å². The van der Waals surface area contributed by atoms with Crippen molar-refractivity contribution in [2.24, 2.45) is 0 Å². The van der Waals surface area contributed by atoms with Gasteiger partial charge in [0.2, 0.25) is 10.0 Å². The molecule has 0 radical (unpaired) electrons. The second kappa shape index (κ2) is 10.7. The Balaban J connectivity index is 2.06. The number of alkyl halides is 3. The third-order valence-corrected chi connectivity index (χ3v) is 6.35. The minimum absolute atomic E-state index is 0.0564. The van der Waals surface area contributed by atoms with Gasteiger partial charge in [0.25, 0.3) is 5.91 Å². The first-order chi connectivity index (χ1) is 14.5. The summed E-state index contributed by atoms with van der Waals surface area (Å²) in [6.07, 6.45) is -3.26. The molecule has 1 amide bonds. The van der Waals surface area contributed by atoms with Gasteiger partial charge in [-0.1, -0.05) is 30.3 Å². The van der Waals surface area contributed by atoms with Crippen molar-refractivity contribution in [3.8, 4) is 11.1 Å². The quantitative estimate of drug-likeness (QED) is 0.505. The van der Waals surface area contributed by atoms with E-state index in [1.165, 1.54) is 12.1 Å². The molecule has 0 spiro atoms. The van der Waals surface area contributed by atoms with Crippen molar-refractivity contribution in [2.45, 2.75) is 44.2 Å². The molecule has 2 atom stereocenters. The lowest BCUT2D eigenvalue weighted by atomic mass is 9.99. The van der Waals surface area contributed by atoms with Crippen molar-refractivity contribution in [3.05, 3.63) is 53.9 Å². The number of aliphatic hydroxyl groups is 1. The van der Waals surface area contributed by atoms with Crippen LogP contribution in [0.2, 0.25) is 0 Å². The van der Waals surface area contributed by atoms with Crippen LogP contribution < -0.4 is 10.0 Å². The summed E-state index contributed by atoms with van der Waals surface area (Å²) >= 11 is 0. The number of hydrogen-bond donors (Lipinski definition) is 3. The molecule has 2 aromatic rings. The van der Waals surface area contributed by atoms with Crippen molar-refractivity contribution >= 4 is 15.9 Å². The fraction of sp³-hybridized carbons (Fsp3) is 0.400. The summed E-state index contributed by atoms with van der Waals surface area (Å²) in [6.45, 7) is 1.98. The zero-order chi connectivity index (χ0) is 23.2. The lowest BCUT2D eigenvalue weighted by Crippen LogP contribution is -2.43. The molecule has 1 aromatic carbocycles. The summed E-state index contributed by atoms with van der Waals surface area (Å²) in [5.74, 6) is -1.65. The smallest absolute Gasteiger partial charge is 0.315 e. The Hall–Kier alpha value is -2.50. The van der Waals surface area contributed by atoms with Crippen LogP contribution in [0.15, 0.2) is 42.6 Å². The Morgan fingerprint density at radius 1 is 1.10 bits per heavy atom. The van der Waals surface area contributed by atoms with Crippen LogP contribution in [0, 0.1) is 0 Å². The molecule has 170 valence electrons. The lowest BCUT2D eigenvalue weighted by Gasteiger charge is -2.22. The predicted octanol–water partition coefficient (Wildman–Crippen LogP) is 2.33. The summed E-state index contributed by atoms with van der Waals surface area (Å²) in [7, 11) is -3.40. The summed E-state index contributed by atoms with van der Waals surface area (Å²) in [6, 6.07) is 8.14. The van der Waals surface area contributed by atoms with Crippen LogP contribution in [-0.4, -0.2) is 48.8 Å². The molecule has 3 N–H and O–H groups in total. The number of pyridine rings is 1. The molecule has 1 aromatic heterocycles. The van der Waals surface area contributed by atoms with Crippen LogP contribution in [0.4, 0.5) is 13.2 Å². The van der Waals surface area contributed by atoms with E-state index in [-0.39, 0.29) is 12.1 Å². The van der Waals surface area contributed by atoms with Crippen molar-refractivity contribution < 1.29 is 31.5 Å². The van der Waals surface area contributed by atoms with E-state index in [0.29, 0.717) is 16.8 Å². The van der Waals surface area contributed by atoms with Gasteiger partial charge in [-0.25, -0.2) is 17.5 Å².